The minimum Gasteiger partial charge on any atom is -0.468 e. The highest BCUT2D eigenvalue weighted by Gasteiger charge is 2.09. The number of hydrogen-bond acceptors (Lipinski definition) is 8. The van der Waals surface area contributed by atoms with Crippen LogP contribution in [-0.2, 0) is 22.5 Å². The summed E-state index contributed by atoms with van der Waals surface area (Å²) in [7, 11) is 1.26. The molecule has 2 aromatic heterocycles. The monoisotopic (exact) mass is 401 g/mol. The topological polar surface area (TPSA) is 115 Å². The van der Waals surface area contributed by atoms with Crippen LogP contribution < -0.4 is 16.2 Å². The van der Waals surface area contributed by atoms with E-state index in [-0.39, 0.29) is 18.0 Å². The molecule has 0 saturated carbocycles. The number of benzene rings is 1. The van der Waals surface area contributed by atoms with Gasteiger partial charge in [-0.25, -0.2) is 4.98 Å². The second kappa shape index (κ2) is 8.61. The molecule has 2 heterocycles. The number of rotatable bonds is 7. The number of carbonyl (C=O) groups is 2. The van der Waals surface area contributed by atoms with Crippen LogP contribution in [0.1, 0.15) is 28.0 Å². The molecule has 28 heavy (non-hydrogen) atoms. The first-order chi connectivity index (χ1) is 13.5. The van der Waals surface area contributed by atoms with Crippen molar-refractivity contribution in [2.75, 3.05) is 19.0 Å². The fraction of sp³-hybridized carbons (Fsp3) is 0.278. The van der Waals surface area contributed by atoms with E-state index in [1.54, 1.807) is 24.3 Å². The van der Waals surface area contributed by atoms with E-state index in [1.165, 1.54) is 29.0 Å². The second-order valence-electron chi connectivity index (χ2n) is 5.82. The first-order valence-corrected chi connectivity index (χ1v) is 9.39. The number of methoxy groups -OCH3 is 1. The quantitative estimate of drug-likeness (QED) is 0.572. The molecule has 0 aliphatic rings. The maximum atomic E-state index is 12.2. The standard InChI is InChI=1S/C18H19N5O4S/c1-3-14-22-23-15(24)8-13(21-18(23)28-14)9-19-12-6-4-11(5-7-12)17(26)20-10-16(25)27-2/h4-8,19H,3,9-10H2,1-2H3,(H,20,26). The highest BCUT2D eigenvalue weighted by molar-refractivity contribution is 7.16. The highest BCUT2D eigenvalue weighted by Crippen LogP contribution is 2.13. The van der Waals surface area contributed by atoms with Crippen LogP contribution in [-0.4, -0.2) is 40.1 Å². The molecule has 2 N–H and O–H groups in total. The van der Waals surface area contributed by atoms with E-state index >= 15 is 0 Å². The van der Waals surface area contributed by atoms with Gasteiger partial charge in [0.1, 0.15) is 11.6 Å². The second-order valence-corrected chi connectivity index (χ2v) is 6.86. The average molecular weight is 401 g/mol. The van der Waals surface area contributed by atoms with Gasteiger partial charge in [-0.3, -0.25) is 14.4 Å². The highest BCUT2D eigenvalue weighted by atomic mass is 32.1. The summed E-state index contributed by atoms with van der Waals surface area (Å²) in [5.74, 6) is -0.881. The Labute approximate surface area is 164 Å². The molecule has 3 aromatic rings. The van der Waals surface area contributed by atoms with Gasteiger partial charge in [0.2, 0.25) is 4.96 Å². The molecule has 9 nitrogen and oxygen atoms in total. The zero-order valence-electron chi connectivity index (χ0n) is 15.4. The summed E-state index contributed by atoms with van der Waals surface area (Å²) in [5, 5.41) is 10.7. The number of nitrogens with zero attached hydrogens (tertiary/aromatic N) is 3. The van der Waals surface area contributed by atoms with Crippen LogP contribution in [0.2, 0.25) is 0 Å². The lowest BCUT2D eigenvalue weighted by Crippen LogP contribution is -2.30. The van der Waals surface area contributed by atoms with Gasteiger partial charge in [0.05, 0.1) is 19.3 Å². The molecule has 0 bridgehead atoms. The Kier molecular flexibility index (Phi) is 5.99. The molecule has 0 radical (unpaired) electrons. The van der Waals surface area contributed by atoms with Crippen LogP contribution >= 0.6 is 11.3 Å². The van der Waals surface area contributed by atoms with Crippen LogP contribution in [0.25, 0.3) is 4.96 Å². The summed E-state index contributed by atoms with van der Waals surface area (Å²) in [6.45, 7) is 2.15. The Morgan fingerprint density at radius 3 is 2.68 bits per heavy atom. The summed E-state index contributed by atoms with van der Waals surface area (Å²) in [6.07, 6.45) is 0.751. The molecular weight excluding hydrogens is 382 g/mol. The number of esters is 1. The number of ether oxygens (including phenoxy) is 1. The Morgan fingerprint density at radius 2 is 2.00 bits per heavy atom. The molecule has 0 atom stereocenters. The van der Waals surface area contributed by atoms with E-state index in [0.717, 1.165) is 17.1 Å². The smallest absolute Gasteiger partial charge is 0.325 e. The van der Waals surface area contributed by atoms with Crippen molar-refractivity contribution < 1.29 is 14.3 Å². The Balaban J connectivity index is 1.63. The van der Waals surface area contributed by atoms with Gasteiger partial charge < -0.3 is 15.4 Å². The summed E-state index contributed by atoms with van der Waals surface area (Å²) in [4.78, 5) is 40.2. The lowest BCUT2D eigenvalue weighted by atomic mass is 10.2. The third-order valence-corrected chi connectivity index (χ3v) is 4.94. The van der Waals surface area contributed by atoms with Crippen molar-refractivity contribution in [3.63, 3.8) is 0 Å². The van der Waals surface area contributed by atoms with E-state index < -0.39 is 5.97 Å². The van der Waals surface area contributed by atoms with Gasteiger partial charge in [0.25, 0.3) is 11.5 Å². The number of hydrogen-bond donors (Lipinski definition) is 2. The molecule has 10 heteroatoms. The van der Waals surface area contributed by atoms with Crippen molar-refractivity contribution >= 4 is 33.9 Å². The minimum atomic E-state index is -0.515. The third-order valence-electron chi connectivity index (χ3n) is 3.88. The molecular formula is C18H19N5O4S. The van der Waals surface area contributed by atoms with Crippen molar-refractivity contribution in [1.29, 1.82) is 0 Å². The number of fused-ring (bicyclic) bond motifs is 1. The maximum Gasteiger partial charge on any atom is 0.325 e. The van der Waals surface area contributed by atoms with Gasteiger partial charge in [-0.2, -0.15) is 9.61 Å². The lowest BCUT2D eigenvalue weighted by Gasteiger charge is -2.08. The fourth-order valence-corrected chi connectivity index (χ4v) is 3.25. The van der Waals surface area contributed by atoms with Crippen molar-refractivity contribution in [3.8, 4) is 0 Å². The molecule has 0 aliphatic carbocycles. The van der Waals surface area contributed by atoms with Crippen molar-refractivity contribution in [3.05, 3.63) is 57.0 Å². The molecule has 3 rings (SSSR count). The molecule has 0 spiro atoms. The molecule has 0 saturated heterocycles. The van der Waals surface area contributed by atoms with Crippen LogP contribution in [0.4, 0.5) is 5.69 Å². The SMILES string of the molecule is CCc1nn2c(=O)cc(CNc3ccc(C(=O)NCC(=O)OC)cc3)nc2s1. The zero-order chi connectivity index (χ0) is 20.1. The van der Waals surface area contributed by atoms with E-state index in [1.807, 2.05) is 6.92 Å². The largest absolute Gasteiger partial charge is 0.468 e. The fourth-order valence-electron chi connectivity index (χ4n) is 2.39. The molecule has 1 aromatic carbocycles. The number of aromatic nitrogens is 3. The van der Waals surface area contributed by atoms with Crippen molar-refractivity contribution in [2.24, 2.45) is 0 Å². The summed E-state index contributed by atoms with van der Waals surface area (Å²) in [5.41, 5.74) is 1.58. The van der Waals surface area contributed by atoms with Gasteiger partial charge in [-0.1, -0.05) is 18.3 Å². The minimum absolute atomic E-state index is 0.184. The van der Waals surface area contributed by atoms with E-state index in [2.05, 4.69) is 25.5 Å². The van der Waals surface area contributed by atoms with Crippen molar-refractivity contribution in [2.45, 2.75) is 19.9 Å². The normalized spacial score (nSPS) is 10.6. The van der Waals surface area contributed by atoms with Gasteiger partial charge in [0, 0.05) is 17.3 Å². The van der Waals surface area contributed by atoms with Gasteiger partial charge in [-0.05, 0) is 30.7 Å². The molecule has 1 amide bonds. The van der Waals surface area contributed by atoms with Gasteiger partial charge in [0.15, 0.2) is 0 Å². The Hall–Kier alpha value is -3.27. The van der Waals surface area contributed by atoms with Gasteiger partial charge in [-0.15, -0.1) is 0 Å². The van der Waals surface area contributed by atoms with E-state index in [9.17, 15) is 14.4 Å². The van der Waals surface area contributed by atoms with Crippen LogP contribution in [0.5, 0.6) is 0 Å². The zero-order valence-corrected chi connectivity index (χ0v) is 16.2. The summed E-state index contributed by atoms with van der Waals surface area (Å²) in [6, 6.07) is 8.20. The number of amides is 1. The first-order valence-electron chi connectivity index (χ1n) is 8.57. The number of aryl methyl sites for hydroxylation is 1. The summed E-state index contributed by atoms with van der Waals surface area (Å²) >= 11 is 1.40. The predicted molar refractivity (Wildman–Crippen MR) is 105 cm³/mol. The average Bonchev–Trinajstić information content (AvgIpc) is 3.14. The number of anilines is 1. The number of carbonyl (C=O) groups excluding carboxylic acids is 2. The van der Waals surface area contributed by atoms with E-state index in [4.69, 9.17) is 0 Å². The number of nitrogens with one attached hydrogen (secondary N) is 2. The Morgan fingerprint density at radius 1 is 1.25 bits per heavy atom. The molecule has 146 valence electrons. The van der Waals surface area contributed by atoms with E-state index in [0.29, 0.717) is 22.8 Å². The Bertz CT molecular complexity index is 1060. The molecule has 0 unspecified atom stereocenters. The van der Waals surface area contributed by atoms with Crippen LogP contribution in [0.15, 0.2) is 35.1 Å². The molecule has 0 fully saturated rings. The van der Waals surface area contributed by atoms with Crippen LogP contribution in [0.3, 0.4) is 0 Å². The maximum absolute atomic E-state index is 12.2. The van der Waals surface area contributed by atoms with Gasteiger partial charge >= 0.3 is 5.97 Å². The lowest BCUT2D eigenvalue weighted by molar-refractivity contribution is -0.139. The summed E-state index contributed by atoms with van der Waals surface area (Å²) < 4.78 is 5.79. The predicted octanol–water partition coefficient (Wildman–Crippen LogP) is 1.23. The first kappa shape index (κ1) is 19.5. The third kappa shape index (κ3) is 4.52. The molecule has 0 aliphatic heterocycles. The van der Waals surface area contributed by atoms with Crippen LogP contribution in [0, 0.1) is 0 Å². The van der Waals surface area contributed by atoms with Crippen molar-refractivity contribution in [1.82, 2.24) is 19.9 Å².